The minimum Gasteiger partial charge on any atom is -0.487 e. The molecule has 248 valence electrons. The Kier molecular flexibility index (Phi) is 10.0. The first-order valence-corrected chi connectivity index (χ1v) is 14.7. The Morgan fingerprint density at radius 2 is 1.70 bits per heavy atom. The topological polar surface area (TPSA) is 170 Å². The fourth-order valence-electron chi connectivity index (χ4n) is 5.01. The third-order valence-corrected chi connectivity index (χ3v) is 7.70. The van der Waals surface area contributed by atoms with Gasteiger partial charge in [0.1, 0.15) is 23.9 Å². The Bertz CT molecular complexity index is 1480. The quantitative estimate of drug-likeness (QED) is 0.213. The van der Waals surface area contributed by atoms with Crippen LogP contribution in [0.15, 0.2) is 54.9 Å². The van der Waals surface area contributed by atoms with Crippen LogP contribution in [-0.2, 0) is 26.3 Å². The average Bonchev–Trinajstić information content (AvgIpc) is 3.85. The molecule has 2 aromatic heterocycles. The first-order chi connectivity index (χ1) is 21.8. The maximum Gasteiger partial charge on any atom is 0.387 e. The molecular formula is C32H36F2N2O10. The van der Waals surface area contributed by atoms with Gasteiger partial charge in [0.2, 0.25) is 12.2 Å². The van der Waals surface area contributed by atoms with E-state index < -0.39 is 48.9 Å². The van der Waals surface area contributed by atoms with Crippen LogP contribution in [0.2, 0.25) is 0 Å². The predicted molar refractivity (Wildman–Crippen MR) is 155 cm³/mol. The molecule has 1 saturated carbocycles. The summed E-state index contributed by atoms with van der Waals surface area (Å²) in [6.45, 7) is 0.232. The standard InChI is InChI=1S/C32H36F2N2O10/c1-32(2,41)23-10-6-18(15-35-23)20(17-5-9-21(44-31(33)34)22(13-17)43-19-7-8-19)12-16-4-11-24(36-14-16)45-30-27(39)25(37)26(38)28(46-30)29(40)42-3/h4-6,9-11,13-15,19-20,25-28,30-31,37-39,41H,7-8,12H2,1-3H3/t20-,25-,26-,27+,28-,30+/m0/s1. The van der Waals surface area contributed by atoms with Crippen LogP contribution < -0.4 is 14.2 Å². The molecule has 12 nitrogen and oxygen atoms in total. The molecule has 0 radical (unpaired) electrons. The van der Waals surface area contributed by atoms with Crippen molar-refractivity contribution in [1.82, 2.24) is 9.97 Å². The fourth-order valence-corrected chi connectivity index (χ4v) is 5.01. The number of aromatic nitrogens is 2. The Balaban J connectivity index is 1.40. The van der Waals surface area contributed by atoms with E-state index in [4.69, 9.17) is 18.9 Å². The SMILES string of the molecule is COC(=O)[C@H]1O[C@@H](Oc2ccc(C[C@H](c3ccc(C(C)(C)O)nc3)c3ccc(OC(F)F)c(OC4CC4)c3)cn2)[C@H](O)[C@@H](O)[C@@H]1O. The highest BCUT2D eigenvalue weighted by Crippen LogP contribution is 2.39. The third-order valence-electron chi connectivity index (χ3n) is 7.70. The number of halogens is 2. The van der Waals surface area contributed by atoms with Crippen LogP contribution in [0, 0.1) is 0 Å². The van der Waals surface area contributed by atoms with Crippen LogP contribution in [0.3, 0.4) is 0 Å². The number of carbonyl (C=O) groups is 1. The number of benzene rings is 1. The summed E-state index contributed by atoms with van der Waals surface area (Å²) in [7, 11) is 1.09. The smallest absolute Gasteiger partial charge is 0.387 e. The van der Waals surface area contributed by atoms with E-state index in [0.29, 0.717) is 12.1 Å². The lowest BCUT2D eigenvalue weighted by molar-refractivity contribution is -0.272. The van der Waals surface area contributed by atoms with Gasteiger partial charge in [0.25, 0.3) is 0 Å². The van der Waals surface area contributed by atoms with Crippen molar-refractivity contribution in [3.8, 4) is 17.4 Å². The van der Waals surface area contributed by atoms with Crippen LogP contribution in [0.4, 0.5) is 8.78 Å². The average molecular weight is 647 g/mol. The highest BCUT2D eigenvalue weighted by Gasteiger charge is 2.48. The van der Waals surface area contributed by atoms with E-state index in [0.717, 1.165) is 36.6 Å². The van der Waals surface area contributed by atoms with E-state index >= 15 is 0 Å². The maximum absolute atomic E-state index is 13.1. The van der Waals surface area contributed by atoms with Crippen molar-refractivity contribution in [3.63, 3.8) is 0 Å². The Morgan fingerprint density at radius 3 is 2.28 bits per heavy atom. The monoisotopic (exact) mass is 646 g/mol. The predicted octanol–water partition coefficient (Wildman–Crippen LogP) is 2.58. The van der Waals surface area contributed by atoms with E-state index in [1.165, 1.54) is 18.3 Å². The van der Waals surface area contributed by atoms with E-state index in [1.807, 2.05) is 6.07 Å². The molecule has 14 heteroatoms. The molecule has 0 spiro atoms. The lowest BCUT2D eigenvalue weighted by Crippen LogP contribution is -2.61. The van der Waals surface area contributed by atoms with Gasteiger partial charge in [-0.3, -0.25) is 4.98 Å². The van der Waals surface area contributed by atoms with Gasteiger partial charge in [-0.25, -0.2) is 9.78 Å². The van der Waals surface area contributed by atoms with Crippen molar-refractivity contribution in [2.24, 2.45) is 0 Å². The summed E-state index contributed by atoms with van der Waals surface area (Å²) in [4.78, 5) is 20.7. The largest absolute Gasteiger partial charge is 0.487 e. The fraction of sp³-hybridized carbons (Fsp3) is 0.469. The van der Waals surface area contributed by atoms with Gasteiger partial charge < -0.3 is 44.1 Å². The molecule has 0 bridgehead atoms. The molecule has 0 unspecified atom stereocenters. The Morgan fingerprint density at radius 1 is 0.957 bits per heavy atom. The Hall–Kier alpha value is -3.95. The van der Waals surface area contributed by atoms with Gasteiger partial charge in [-0.2, -0.15) is 8.78 Å². The molecule has 1 aliphatic carbocycles. The summed E-state index contributed by atoms with van der Waals surface area (Å²) in [5, 5.41) is 41.1. The first kappa shape index (κ1) is 33.4. The van der Waals surface area contributed by atoms with Crippen LogP contribution in [0.5, 0.6) is 17.4 Å². The second kappa shape index (κ2) is 13.8. The number of hydrogen-bond acceptors (Lipinski definition) is 12. The highest BCUT2D eigenvalue weighted by atomic mass is 19.3. The van der Waals surface area contributed by atoms with Crippen molar-refractivity contribution < 1.29 is 57.7 Å². The van der Waals surface area contributed by atoms with Crippen molar-refractivity contribution in [1.29, 1.82) is 0 Å². The van der Waals surface area contributed by atoms with Crippen molar-refractivity contribution in [2.45, 2.75) is 88.1 Å². The second-order valence-corrected chi connectivity index (χ2v) is 11.7. The zero-order chi connectivity index (χ0) is 33.2. The normalized spacial score (nSPS) is 23.9. The molecule has 3 aromatic rings. The Labute approximate surface area is 263 Å². The molecular weight excluding hydrogens is 610 g/mol. The molecule has 3 heterocycles. The number of methoxy groups -OCH3 is 1. The van der Waals surface area contributed by atoms with Crippen LogP contribution >= 0.6 is 0 Å². The highest BCUT2D eigenvalue weighted by molar-refractivity contribution is 5.75. The first-order valence-electron chi connectivity index (χ1n) is 14.7. The number of aliphatic hydroxyl groups excluding tert-OH is 3. The molecule has 1 aromatic carbocycles. The third kappa shape index (κ3) is 7.88. The second-order valence-electron chi connectivity index (χ2n) is 11.7. The van der Waals surface area contributed by atoms with Crippen LogP contribution in [-0.4, -0.2) is 86.9 Å². The number of carbonyl (C=O) groups excluding carboxylic acids is 1. The molecule has 1 saturated heterocycles. The minimum absolute atomic E-state index is 0.00127. The van der Waals surface area contributed by atoms with Gasteiger partial charge in [0.15, 0.2) is 17.6 Å². The number of rotatable bonds is 12. The number of alkyl halides is 2. The van der Waals surface area contributed by atoms with E-state index in [2.05, 4.69) is 14.7 Å². The molecule has 46 heavy (non-hydrogen) atoms. The number of ether oxygens (including phenoxy) is 5. The van der Waals surface area contributed by atoms with E-state index in [9.17, 15) is 34.0 Å². The van der Waals surface area contributed by atoms with E-state index in [1.54, 1.807) is 44.3 Å². The summed E-state index contributed by atoms with van der Waals surface area (Å²) in [6, 6.07) is 11.6. The van der Waals surface area contributed by atoms with Crippen molar-refractivity contribution in [2.75, 3.05) is 7.11 Å². The summed E-state index contributed by atoms with van der Waals surface area (Å²) >= 11 is 0. The maximum atomic E-state index is 13.1. The molecule has 4 N–H and O–H groups in total. The summed E-state index contributed by atoms with van der Waals surface area (Å²) in [6.07, 6.45) is -3.19. The van der Waals surface area contributed by atoms with Gasteiger partial charge in [0, 0.05) is 24.4 Å². The number of hydrogen-bond donors (Lipinski definition) is 4. The molecule has 2 aliphatic rings. The van der Waals surface area contributed by atoms with Gasteiger partial charge in [0.05, 0.1) is 18.9 Å². The number of aliphatic hydroxyl groups is 4. The van der Waals surface area contributed by atoms with Gasteiger partial charge >= 0.3 is 12.6 Å². The lowest BCUT2D eigenvalue weighted by atomic mass is 9.86. The van der Waals surface area contributed by atoms with Gasteiger partial charge in [-0.15, -0.1) is 0 Å². The molecule has 1 aliphatic heterocycles. The number of esters is 1. The van der Waals surface area contributed by atoms with Crippen LogP contribution in [0.1, 0.15) is 55.0 Å². The molecule has 6 atom stereocenters. The minimum atomic E-state index is -3.02. The lowest BCUT2D eigenvalue weighted by Gasteiger charge is -2.38. The molecule has 0 amide bonds. The van der Waals surface area contributed by atoms with Crippen molar-refractivity contribution in [3.05, 3.63) is 77.2 Å². The number of nitrogens with zero attached hydrogens (tertiary/aromatic N) is 2. The summed E-state index contributed by atoms with van der Waals surface area (Å²) in [5.74, 6) is -1.17. The van der Waals surface area contributed by atoms with Gasteiger partial charge in [-0.1, -0.05) is 18.2 Å². The summed E-state index contributed by atoms with van der Waals surface area (Å²) < 4.78 is 52.4. The van der Waals surface area contributed by atoms with E-state index in [-0.39, 0.29) is 29.4 Å². The zero-order valence-corrected chi connectivity index (χ0v) is 25.3. The number of pyridine rings is 2. The summed E-state index contributed by atoms with van der Waals surface area (Å²) in [5.41, 5.74) is 1.54. The zero-order valence-electron chi connectivity index (χ0n) is 25.3. The molecule has 2 fully saturated rings. The molecule has 5 rings (SSSR count). The van der Waals surface area contributed by atoms with Crippen molar-refractivity contribution >= 4 is 5.97 Å². The van der Waals surface area contributed by atoms with Gasteiger partial charge in [-0.05, 0) is 68.0 Å². The van der Waals surface area contributed by atoms with Crippen LogP contribution in [0.25, 0.3) is 0 Å².